The van der Waals surface area contributed by atoms with E-state index in [4.69, 9.17) is 51.0 Å². The highest BCUT2D eigenvalue weighted by Crippen LogP contribution is 2.49. The Morgan fingerprint density at radius 1 is 0.812 bits per heavy atom. The molecule has 0 aliphatic carbocycles. The van der Waals surface area contributed by atoms with Crippen molar-refractivity contribution in [3.63, 3.8) is 0 Å². The van der Waals surface area contributed by atoms with Crippen molar-refractivity contribution in [2.24, 2.45) is 0 Å². The second-order valence-electron chi connectivity index (χ2n) is 5.64. The Labute approximate surface area is 198 Å². The predicted molar refractivity (Wildman–Crippen MR) is 109 cm³/mol. The molecule has 19 heteroatoms. The van der Waals surface area contributed by atoms with Crippen molar-refractivity contribution >= 4 is 76.6 Å². The number of hydrogen-bond acceptors (Lipinski definition) is 7. The lowest BCUT2D eigenvalue weighted by Crippen LogP contribution is -2.40. The molecule has 0 aliphatic rings. The van der Waals surface area contributed by atoms with Gasteiger partial charge in [0, 0.05) is 11.1 Å². The average molecular weight is 599 g/mol. The van der Waals surface area contributed by atoms with E-state index in [1.165, 1.54) is 0 Å². The summed E-state index contributed by atoms with van der Waals surface area (Å²) in [5, 5.41) is 7.12. The Kier molecular flexibility index (Phi) is 7.34. The number of benzene rings is 2. The number of phenolic OH excluding ortho intramolecular Hbond substituents is 1. The largest absolute Gasteiger partial charge is 0.512 e. The minimum absolute atomic E-state index is 0.412. The summed E-state index contributed by atoms with van der Waals surface area (Å²) in [5.41, 5.74) is -7.65. The third-order valence-corrected chi connectivity index (χ3v) is 9.18. The predicted octanol–water partition coefficient (Wildman–Crippen LogP) is 4.05. The van der Waals surface area contributed by atoms with Crippen LogP contribution in [0.4, 0.5) is 13.2 Å². The zero-order valence-corrected chi connectivity index (χ0v) is 19.9. The van der Waals surface area contributed by atoms with Crippen LogP contribution in [0, 0.1) is 0 Å². The van der Waals surface area contributed by atoms with Crippen LogP contribution in [0.2, 0.25) is 20.1 Å². The van der Waals surface area contributed by atoms with Gasteiger partial charge >= 0.3 is 15.5 Å². The minimum Gasteiger partial charge on any atom is -0.505 e. The summed E-state index contributed by atoms with van der Waals surface area (Å²) in [7, 11) is -17.1. The molecule has 0 aliphatic heterocycles. The first-order valence-electron chi connectivity index (χ1n) is 7.24. The van der Waals surface area contributed by atoms with Crippen molar-refractivity contribution in [3.05, 3.63) is 38.3 Å². The Morgan fingerprint density at radius 2 is 1.34 bits per heavy atom. The number of rotatable bonds is 5. The van der Waals surface area contributed by atoms with Gasteiger partial charge < -0.3 is 5.11 Å². The third kappa shape index (κ3) is 5.05. The van der Waals surface area contributed by atoms with E-state index in [1.807, 2.05) is 0 Å². The number of halogens is 7. The molecule has 0 fully saturated rings. The van der Waals surface area contributed by atoms with Gasteiger partial charge in [0.25, 0.3) is 20.1 Å². The van der Waals surface area contributed by atoms with Crippen molar-refractivity contribution in [2.75, 3.05) is 0 Å². The van der Waals surface area contributed by atoms with E-state index in [9.17, 15) is 43.5 Å². The second-order valence-corrected chi connectivity index (χ2v) is 12.2. The zero-order chi connectivity index (χ0) is 25.0. The summed E-state index contributed by atoms with van der Waals surface area (Å²) in [4.78, 5) is -2.43. The van der Waals surface area contributed by atoms with Crippen molar-refractivity contribution in [3.8, 4) is 16.9 Å². The van der Waals surface area contributed by atoms with Crippen LogP contribution in [0.25, 0.3) is 11.1 Å². The normalized spacial score (nSPS) is 13.4. The van der Waals surface area contributed by atoms with Gasteiger partial charge in [-0.2, -0.15) is 21.6 Å². The maximum absolute atomic E-state index is 12.7. The van der Waals surface area contributed by atoms with Gasteiger partial charge in [0.05, 0.1) is 25.0 Å². The van der Waals surface area contributed by atoms with E-state index in [-0.39, 0.29) is 0 Å². The minimum atomic E-state index is -6.42. The Balaban J connectivity index is 2.96. The van der Waals surface area contributed by atoms with E-state index >= 15 is 0 Å². The molecule has 2 rings (SSSR count). The van der Waals surface area contributed by atoms with Crippen molar-refractivity contribution in [1.82, 2.24) is 4.13 Å². The van der Waals surface area contributed by atoms with Crippen molar-refractivity contribution < 1.29 is 48.1 Å². The molecule has 2 aromatic carbocycles. The quantitative estimate of drug-likeness (QED) is 0.435. The summed E-state index contributed by atoms with van der Waals surface area (Å²) in [6.45, 7) is 0. The van der Waals surface area contributed by atoms with Crippen LogP contribution in [0.5, 0.6) is 5.75 Å². The summed E-state index contributed by atoms with van der Waals surface area (Å²) in [5.74, 6) is -1.33. The first kappa shape index (κ1) is 27.2. The van der Waals surface area contributed by atoms with E-state index < -0.39 is 82.4 Å². The smallest absolute Gasteiger partial charge is 0.505 e. The third-order valence-electron chi connectivity index (χ3n) is 3.56. The second kappa shape index (κ2) is 8.63. The fourth-order valence-electron chi connectivity index (χ4n) is 2.24. The van der Waals surface area contributed by atoms with Crippen LogP contribution in [-0.2, 0) is 30.2 Å². The molecule has 0 radical (unpaired) electrons. The summed E-state index contributed by atoms with van der Waals surface area (Å²) in [6.07, 6.45) is 0. The molecular weight excluding hydrogens is 593 g/mol. The number of phenols is 1. The fraction of sp³-hybridized carbons (Fsp3) is 0.0769. The van der Waals surface area contributed by atoms with Crippen LogP contribution in [0.3, 0.4) is 0 Å². The standard InChI is InChI=1S/C13H6Cl4F3NO8S3/c14-4-1-2-6(30(23,24)21-32(28,29)13(18,19)20)9(10(4)16)8-5(15)3-7(31(25,26)27)12(22)11(8)17/h1-3,21-22H,(H,25,26,27). The maximum atomic E-state index is 12.7. The molecule has 0 aromatic heterocycles. The molecule has 3 N–H and O–H groups in total. The summed E-state index contributed by atoms with van der Waals surface area (Å²) >= 11 is 23.6. The van der Waals surface area contributed by atoms with E-state index in [1.54, 1.807) is 0 Å². The first-order chi connectivity index (χ1) is 14.2. The number of alkyl halides is 3. The molecule has 0 unspecified atom stereocenters. The van der Waals surface area contributed by atoms with Gasteiger partial charge in [0.15, 0.2) is 5.75 Å². The molecule has 9 nitrogen and oxygen atoms in total. The molecule has 0 atom stereocenters. The Hall–Kier alpha value is -1.04. The molecule has 0 amide bonds. The van der Waals surface area contributed by atoms with Crippen LogP contribution in [0.1, 0.15) is 0 Å². The highest BCUT2D eigenvalue weighted by molar-refractivity contribution is 8.05. The SMILES string of the molecule is O=S(=O)(O)c1cc(Cl)c(-c2c(S(=O)(=O)NS(=O)(=O)C(F)(F)F)ccc(Cl)c2Cl)c(Cl)c1O. The summed E-state index contributed by atoms with van der Waals surface area (Å²) in [6, 6.07) is 1.77. The number of nitrogens with one attached hydrogen (secondary N) is 1. The lowest BCUT2D eigenvalue weighted by atomic mass is 10.0. The van der Waals surface area contributed by atoms with E-state index in [0.717, 1.165) is 6.07 Å². The molecule has 0 bridgehead atoms. The van der Waals surface area contributed by atoms with Crippen LogP contribution >= 0.6 is 46.4 Å². The number of hydrogen-bond donors (Lipinski definition) is 3. The molecular formula is C13H6Cl4F3NO8S3. The lowest BCUT2D eigenvalue weighted by molar-refractivity contribution is -0.0441. The summed E-state index contributed by atoms with van der Waals surface area (Å²) < 4.78 is 118. The van der Waals surface area contributed by atoms with Crippen LogP contribution in [-0.4, -0.2) is 40.4 Å². The average Bonchev–Trinajstić information content (AvgIpc) is 2.58. The van der Waals surface area contributed by atoms with Gasteiger partial charge in [-0.1, -0.05) is 50.5 Å². The molecule has 2 aromatic rings. The van der Waals surface area contributed by atoms with Gasteiger partial charge in [-0.15, -0.1) is 0 Å². The zero-order valence-electron chi connectivity index (χ0n) is 14.4. The van der Waals surface area contributed by atoms with Crippen molar-refractivity contribution in [2.45, 2.75) is 15.3 Å². The molecule has 0 saturated heterocycles. The lowest BCUT2D eigenvalue weighted by Gasteiger charge is -2.18. The molecule has 178 valence electrons. The number of sulfonamides is 2. The first-order valence-corrected chi connectivity index (χ1v) is 13.2. The maximum Gasteiger partial charge on any atom is 0.512 e. The van der Waals surface area contributed by atoms with Gasteiger partial charge in [0.1, 0.15) is 4.90 Å². The topological polar surface area (TPSA) is 155 Å². The Bertz CT molecular complexity index is 1440. The highest BCUT2D eigenvalue weighted by atomic mass is 35.5. The number of aromatic hydroxyl groups is 1. The van der Waals surface area contributed by atoms with Gasteiger partial charge in [-0.3, -0.25) is 4.55 Å². The fourth-order valence-corrected chi connectivity index (χ4v) is 6.70. The molecule has 32 heavy (non-hydrogen) atoms. The monoisotopic (exact) mass is 597 g/mol. The highest BCUT2D eigenvalue weighted by Gasteiger charge is 2.49. The van der Waals surface area contributed by atoms with Crippen molar-refractivity contribution in [1.29, 1.82) is 0 Å². The van der Waals surface area contributed by atoms with Crippen LogP contribution in [0.15, 0.2) is 28.0 Å². The Morgan fingerprint density at radius 3 is 1.81 bits per heavy atom. The van der Waals surface area contributed by atoms with Crippen LogP contribution < -0.4 is 4.13 Å². The van der Waals surface area contributed by atoms with Gasteiger partial charge in [-0.05, 0) is 18.2 Å². The molecule has 0 spiro atoms. The van der Waals surface area contributed by atoms with E-state index in [2.05, 4.69) is 0 Å². The molecule has 0 saturated carbocycles. The van der Waals surface area contributed by atoms with Gasteiger partial charge in [0.2, 0.25) is 0 Å². The van der Waals surface area contributed by atoms with Gasteiger partial charge in [-0.25, -0.2) is 16.8 Å². The van der Waals surface area contributed by atoms with E-state index in [0.29, 0.717) is 16.3 Å². The molecule has 0 heterocycles.